The van der Waals surface area contributed by atoms with E-state index < -0.39 is 5.82 Å². The highest BCUT2D eigenvalue weighted by Crippen LogP contribution is 2.18. The number of nitrogens with zero attached hydrogens (tertiary/aromatic N) is 1. The number of amides is 2. The Balaban J connectivity index is 1.81. The van der Waals surface area contributed by atoms with Crippen molar-refractivity contribution in [2.45, 2.75) is 27.2 Å². The van der Waals surface area contributed by atoms with Gasteiger partial charge in [-0.05, 0) is 38.0 Å². The Morgan fingerprint density at radius 2 is 1.83 bits per heavy atom. The quantitative estimate of drug-likeness (QED) is 0.788. The van der Waals surface area contributed by atoms with Gasteiger partial charge in [0.25, 0.3) is 11.8 Å². The van der Waals surface area contributed by atoms with Crippen molar-refractivity contribution in [3.63, 3.8) is 0 Å². The van der Waals surface area contributed by atoms with E-state index in [9.17, 15) is 14.0 Å². The summed E-state index contributed by atoms with van der Waals surface area (Å²) in [5.74, 6) is -0.978. The first-order chi connectivity index (χ1) is 11.4. The van der Waals surface area contributed by atoms with Crippen molar-refractivity contribution in [1.82, 2.24) is 15.6 Å². The summed E-state index contributed by atoms with van der Waals surface area (Å²) in [5, 5.41) is 6.32. The lowest BCUT2D eigenvalue weighted by Gasteiger charge is -2.07. The molecule has 0 atom stereocenters. The minimum absolute atomic E-state index is 0.194. The van der Waals surface area contributed by atoms with Gasteiger partial charge in [0.15, 0.2) is 0 Å². The smallest absolute Gasteiger partial charge is 0.263 e. The predicted octanol–water partition coefficient (Wildman–Crippen LogP) is 2.62. The van der Waals surface area contributed by atoms with Crippen LogP contribution in [0.2, 0.25) is 0 Å². The Morgan fingerprint density at radius 3 is 2.42 bits per heavy atom. The normalized spacial score (nSPS) is 10.5. The minimum Gasteiger partial charge on any atom is -0.350 e. The summed E-state index contributed by atoms with van der Waals surface area (Å²) < 4.78 is 13.4. The molecule has 0 aliphatic heterocycles. The third kappa shape index (κ3) is 4.38. The SMILES string of the molecule is CCc1nc(C)c(C(=O)NCCNC(=O)c2ccc(C)c(F)c2)s1. The van der Waals surface area contributed by atoms with E-state index in [0.29, 0.717) is 16.1 Å². The van der Waals surface area contributed by atoms with Crippen molar-refractivity contribution in [1.29, 1.82) is 0 Å². The molecule has 2 aromatic rings. The van der Waals surface area contributed by atoms with Gasteiger partial charge in [0.2, 0.25) is 0 Å². The molecule has 24 heavy (non-hydrogen) atoms. The molecule has 0 bridgehead atoms. The summed E-state index contributed by atoms with van der Waals surface area (Å²) in [6.45, 7) is 5.98. The zero-order valence-corrected chi connectivity index (χ0v) is 14.7. The van der Waals surface area contributed by atoms with Gasteiger partial charge in [-0.25, -0.2) is 9.37 Å². The number of thiazole rings is 1. The van der Waals surface area contributed by atoms with E-state index in [1.807, 2.05) is 6.92 Å². The molecule has 1 aromatic heterocycles. The molecule has 2 N–H and O–H groups in total. The Labute approximate surface area is 144 Å². The number of benzene rings is 1. The predicted molar refractivity (Wildman–Crippen MR) is 92.0 cm³/mol. The van der Waals surface area contributed by atoms with E-state index in [4.69, 9.17) is 0 Å². The number of nitrogens with one attached hydrogen (secondary N) is 2. The van der Waals surface area contributed by atoms with Crippen molar-refractivity contribution in [3.8, 4) is 0 Å². The fraction of sp³-hybridized carbons (Fsp3) is 0.353. The van der Waals surface area contributed by atoms with Crippen LogP contribution >= 0.6 is 11.3 Å². The van der Waals surface area contributed by atoms with Gasteiger partial charge in [-0.2, -0.15) is 0 Å². The van der Waals surface area contributed by atoms with Crippen LogP contribution in [0.4, 0.5) is 4.39 Å². The number of rotatable bonds is 6. The maximum Gasteiger partial charge on any atom is 0.263 e. The molecule has 1 aromatic carbocycles. The fourth-order valence-electron chi connectivity index (χ4n) is 2.08. The highest BCUT2D eigenvalue weighted by Gasteiger charge is 2.14. The molecule has 5 nitrogen and oxygen atoms in total. The average molecular weight is 349 g/mol. The zero-order valence-electron chi connectivity index (χ0n) is 13.9. The third-order valence-corrected chi connectivity index (χ3v) is 4.78. The van der Waals surface area contributed by atoms with Crippen molar-refractivity contribution in [2.24, 2.45) is 0 Å². The van der Waals surface area contributed by atoms with E-state index in [-0.39, 0.29) is 30.5 Å². The van der Waals surface area contributed by atoms with Crippen LogP contribution in [-0.2, 0) is 6.42 Å². The number of hydrogen-bond acceptors (Lipinski definition) is 4. The molecule has 2 amide bonds. The lowest BCUT2D eigenvalue weighted by atomic mass is 10.1. The summed E-state index contributed by atoms with van der Waals surface area (Å²) in [6, 6.07) is 4.33. The Hall–Kier alpha value is -2.28. The van der Waals surface area contributed by atoms with E-state index in [2.05, 4.69) is 15.6 Å². The van der Waals surface area contributed by atoms with Gasteiger partial charge >= 0.3 is 0 Å². The number of halogens is 1. The van der Waals surface area contributed by atoms with Gasteiger partial charge in [0, 0.05) is 18.7 Å². The van der Waals surface area contributed by atoms with Crippen LogP contribution < -0.4 is 10.6 Å². The van der Waals surface area contributed by atoms with Gasteiger partial charge in [-0.1, -0.05) is 13.0 Å². The molecule has 0 aliphatic rings. The third-order valence-electron chi connectivity index (χ3n) is 3.48. The molecular formula is C17H20FN3O2S. The number of hydrogen-bond donors (Lipinski definition) is 2. The van der Waals surface area contributed by atoms with Crippen LogP contribution in [0.3, 0.4) is 0 Å². The van der Waals surface area contributed by atoms with Crippen LogP contribution in [0.15, 0.2) is 18.2 Å². The minimum atomic E-state index is -0.414. The van der Waals surface area contributed by atoms with Gasteiger partial charge in [-0.15, -0.1) is 11.3 Å². The molecule has 0 fully saturated rings. The Morgan fingerprint density at radius 1 is 1.17 bits per heavy atom. The van der Waals surface area contributed by atoms with Crippen LogP contribution in [0.25, 0.3) is 0 Å². The van der Waals surface area contributed by atoms with E-state index >= 15 is 0 Å². The Bertz CT molecular complexity index is 758. The summed E-state index contributed by atoms with van der Waals surface area (Å²) in [5.41, 5.74) is 1.47. The van der Waals surface area contributed by atoms with Crippen molar-refractivity contribution in [3.05, 3.63) is 50.7 Å². The van der Waals surface area contributed by atoms with Crippen LogP contribution in [0, 0.1) is 19.7 Å². The molecule has 0 radical (unpaired) electrons. The van der Waals surface area contributed by atoms with Gasteiger partial charge < -0.3 is 10.6 Å². The van der Waals surface area contributed by atoms with Gasteiger partial charge in [0.05, 0.1) is 10.7 Å². The lowest BCUT2D eigenvalue weighted by molar-refractivity contribution is 0.0929. The number of aromatic nitrogens is 1. The topological polar surface area (TPSA) is 71.1 Å². The van der Waals surface area contributed by atoms with Crippen molar-refractivity contribution in [2.75, 3.05) is 13.1 Å². The van der Waals surface area contributed by atoms with Crippen LogP contribution in [0.5, 0.6) is 0 Å². The fourth-order valence-corrected chi connectivity index (χ4v) is 3.00. The van der Waals surface area contributed by atoms with E-state index in [0.717, 1.165) is 11.4 Å². The molecule has 0 spiro atoms. The average Bonchev–Trinajstić information content (AvgIpc) is 2.94. The first-order valence-electron chi connectivity index (χ1n) is 7.71. The molecule has 128 valence electrons. The first-order valence-corrected chi connectivity index (χ1v) is 8.52. The van der Waals surface area contributed by atoms with Crippen LogP contribution in [0.1, 0.15) is 43.2 Å². The maximum absolute atomic E-state index is 13.4. The highest BCUT2D eigenvalue weighted by molar-refractivity contribution is 7.13. The van der Waals surface area contributed by atoms with Gasteiger partial charge in [-0.3, -0.25) is 9.59 Å². The Kier molecular flexibility index (Phi) is 6.03. The molecule has 1 heterocycles. The molecule has 0 unspecified atom stereocenters. The molecule has 0 saturated heterocycles. The lowest BCUT2D eigenvalue weighted by Crippen LogP contribution is -2.34. The molecular weight excluding hydrogens is 329 g/mol. The molecule has 0 aliphatic carbocycles. The molecule has 0 saturated carbocycles. The van der Waals surface area contributed by atoms with Crippen molar-refractivity contribution >= 4 is 23.2 Å². The standard InChI is InChI=1S/C17H20FN3O2S/c1-4-14-21-11(3)15(24-14)17(23)20-8-7-19-16(22)12-6-5-10(2)13(18)9-12/h5-6,9H,4,7-8H2,1-3H3,(H,19,22)(H,20,23). The number of carbonyl (C=O) groups excluding carboxylic acids is 2. The second-order valence-electron chi connectivity index (χ2n) is 5.35. The summed E-state index contributed by atoms with van der Waals surface area (Å²) in [4.78, 5) is 28.9. The van der Waals surface area contributed by atoms with Gasteiger partial charge in [0.1, 0.15) is 10.7 Å². The number of carbonyl (C=O) groups is 2. The monoisotopic (exact) mass is 349 g/mol. The number of aryl methyl sites for hydroxylation is 3. The zero-order chi connectivity index (χ0) is 17.7. The van der Waals surface area contributed by atoms with Crippen molar-refractivity contribution < 1.29 is 14.0 Å². The maximum atomic E-state index is 13.4. The second-order valence-corrected chi connectivity index (χ2v) is 6.44. The first kappa shape index (κ1) is 18.1. The largest absolute Gasteiger partial charge is 0.350 e. The van der Waals surface area contributed by atoms with E-state index in [1.54, 1.807) is 26.0 Å². The molecule has 7 heteroatoms. The second kappa shape index (κ2) is 8.01. The van der Waals surface area contributed by atoms with E-state index in [1.165, 1.54) is 17.4 Å². The summed E-state index contributed by atoms with van der Waals surface area (Å²) in [6.07, 6.45) is 0.794. The molecule has 2 rings (SSSR count). The highest BCUT2D eigenvalue weighted by atomic mass is 32.1. The summed E-state index contributed by atoms with van der Waals surface area (Å²) >= 11 is 1.38. The van der Waals surface area contributed by atoms with Crippen LogP contribution in [-0.4, -0.2) is 29.9 Å². The summed E-state index contributed by atoms with van der Waals surface area (Å²) in [7, 11) is 0.